The minimum atomic E-state index is -3.80. The normalized spacial score (nSPS) is 18.4. The quantitative estimate of drug-likeness (QED) is 0.864. The van der Waals surface area contributed by atoms with Crippen molar-refractivity contribution >= 4 is 31.9 Å². The van der Waals surface area contributed by atoms with E-state index in [4.69, 9.17) is 5.73 Å². The Balaban J connectivity index is 2.05. The smallest absolute Gasteiger partial charge is 0.244 e. The van der Waals surface area contributed by atoms with E-state index >= 15 is 0 Å². The largest absolute Gasteiger partial charge is 0.368 e. The van der Waals surface area contributed by atoms with Crippen molar-refractivity contribution in [2.45, 2.75) is 23.9 Å². The van der Waals surface area contributed by atoms with Gasteiger partial charge >= 0.3 is 0 Å². The maximum absolute atomic E-state index is 12.9. The fraction of sp³-hybridized carbons (Fsp3) is 0.188. The van der Waals surface area contributed by atoms with E-state index in [1.807, 2.05) is 24.3 Å². The summed E-state index contributed by atoms with van der Waals surface area (Å²) in [6.45, 7) is 0.141. The zero-order chi connectivity index (χ0) is 16.6. The van der Waals surface area contributed by atoms with Crippen molar-refractivity contribution in [3.05, 3.63) is 64.1 Å². The monoisotopic (exact) mass is 394 g/mol. The Morgan fingerprint density at radius 2 is 1.70 bits per heavy atom. The molecule has 1 aliphatic heterocycles. The molecule has 120 valence electrons. The lowest BCUT2D eigenvalue weighted by molar-refractivity contribution is -0.122. The Kier molecular flexibility index (Phi) is 4.27. The van der Waals surface area contributed by atoms with Gasteiger partial charge in [0.1, 0.15) is 6.04 Å². The molecule has 1 aliphatic rings. The van der Waals surface area contributed by atoms with Crippen molar-refractivity contribution in [1.29, 1.82) is 0 Å². The third-order valence-corrected chi connectivity index (χ3v) is 6.35. The number of amides is 1. The van der Waals surface area contributed by atoms with Crippen LogP contribution in [-0.4, -0.2) is 24.7 Å². The molecule has 2 aromatic carbocycles. The van der Waals surface area contributed by atoms with Gasteiger partial charge in [0.05, 0.1) is 4.90 Å². The number of hydrogen-bond donors (Lipinski definition) is 1. The Morgan fingerprint density at radius 1 is 1.09 bits per heavy atom. The van der Waals surface area contributed by atoms with Crippen molar-refractivity contribution in [2.75, 3.05) is 0 Å². The topological polar surface area (TPSA) is 80.5 Å². The van der Waals surface area contributed by atoms with E-state index in [0.717, 1.165) is 15.6 Å². The van der Waals surface area contributed by atoms with Gasteiger partial charge < -0.3 is 5.73 Å². The summed E-state index contributed by atoms with van der Waals surface area (Å²) in [5.74, 6) is -0.639. The second kappa shape index (κ2) is 6.07. The van der Waals surface area contributed by atoms with Crippen molar-refractivity contribution in [3.8, 4) is 0 Å². The Labute approximate surface area is 143 Å². The highest BCUT2D eigenvalue weighted by Gasteiger charge is 2.38. The third-order valence-electron chi connectivity index (χ3n) is 3.95. The van der Waals surface area contributed by atoms with Gasteiger partial charge in [0.15, 0.2) is 0 Å². The molecule has 1 amide bonds. The summed E-state index contributed by atoms with van der Waals surface area (Å²) in [6.07, 6.45) is 0.293. The molecule has 1 atom stereocenters. The average molecular weight is 395 g/mol. The second-order valence-corrected chi connectivity index (χ2v) is 8.20. The predicted octanol–water partition coefficient (Wildman–Crippen LogP) is 2.05. The molecule has 7 heteroatoms. The second-order valence-electron chi connectivity index (χ2n) is 5.40. The van der Waals surface area contributed by atoms with E-state index in [-0.39, 0.29) is 11.4 Å². The molecule has 5 nitrogen and oxygen atoms in total. The van der Waals surface area contributed by atoms with Gasteiger partial charge in [0.2, 0.25) is 15.9 Å². The first-order chi connectivity index (χ1) is 10.9. The van der Waals surface area contributed by atoms with Crippen molar-refractivity contribution < 1.29 is 13.2 Å². The van der Waals surface area contributed by atoms with Crippen LogP contribution in [0.25, 0.3) is 0 Å². The van der Waals surface area contributed by atoms with E-state index in [2.05, 4.69) is 15.9 Å². The van der Waals surface area contributed by atoms with Crippen LogP contribution in [0.1, 0.15) is 11.1 Å². The number of primary amides is 1. The Morgan fingerprint density at radius 3 is 2.30 bits per heavy atom. The molecular weight excluding hydrogens is 380 g/mol. The average Bonchev–Trinajstić information content (AvgIpc) is 2.54. The van der Waals surface area contributed by atoms with Gasteiger partial charge in [-0.15, -0.1) is 0 Å². The first-order valence-electron chi connectivity index (χ1n) is 7.03. The first kappa shape index (κ1) is 16.2. The van der Waals surface area contributed by atoms with Gasteiger partial charge in [-0.25, -0.2) is 8.42 Å². The van der Waals surface area contributed by atoms with Crippen LogP contribution in [0.4, 0.5) is 0 Å². The highest BCUT2D eigenvalue weighted by Crippen LogP contribution is 2.29. The molecular formula is C16H15BrN2O3S. The lowest BCUT2D eigenvalue weighted by Gasteiger charge is -2.34. The molecule has 2 N–H and O–H groups in total. The van der Waals surface area contributed by atoms with E-state index in [0.29, 0.717) is 6.42 Å². The van der Waals surface area contributed by atoms with Crippen molar-refractivity contribution in [1.82, 2.24) is 4.31 Å². The number of benzene rings is 2. The van der Waals surface area contributed by atoms with Gasteiger partial charge in [-0.2, -0.15) is 4.31 Å². The number of hydrogen-bond acceptors (Lipinski definition) is 3. The molecule has 3 rings (SSSR count). The highest BCUT2D eigenvalue weighted by molar-refractivity contribution is 9.10. The predicted molar refractivity (Wildman–Crippen MR) is 90.0 cm³/mol. The summed E-state index contributed by atoms with van der Waals surface area (Å²) in [5, 5.41) is 0. The molecule has 2 aromatic rings. The zero-order valence-corrected chi connectivity index (χ0v) is 14.5. The Bertz CT molecular complexity index is 850. The lowest BCUT2D eigenvalue weighted by atomic mass is 9.96. The number of nitrogens with zero attached hydrogens (tertiary/aromatic N) is 1. The fourth-order valence-corrected chi connectivity index (χ4v) is 4.57. The minimum absolute atomic E-state index is 0.141. The summed E-state index contributed by atoms with van der Waals surface area (Å²) >= 11 is 3.28. The molecule has 0 saturated carbocycles. The molecule has 0 bridgehead atoms. The Hall–Kier alpha value is -1.70. The van der Waals surface area contributed by atoms with Gasteiger partial charge in [-0.1, -0.05) is 40.2 Å². The first-order valence-corrected chi connectivity index (χ1v) is 9.26. The van der Waals surface area contributed by atoms with Crippen molar-refractivity contribution in [3.63, 3.8) is 0 Å². The summed E-state index contributed by atoms with van der Waals surface area (Å²) in [7, 11) is -3.80. The zero-order valence-electron chi connectivity index (χ0n) is 12.1. The van der Waals surface area contributed by atoms with Crippen LogP contribution in [0, 0.1) is 0 Å². The van der Waals surface area contributed by atoms with Crippen LogP contribution in [0.2, 0.25) is 0 Å². The van der Waals surface area contributed by atoms with E-state index < -0.39 is 22.0 Å². The fourth-order valence-electron chi connectivity index (χ4n) is 2.74. The lowest BCUT2D eigenvalue weighted by Crippen LogP contribution is -2.50. The number of halogens is 1. The molecule has 0 radical (unpaired) electrons. The maximum atomic E-state index is 12.9. The SMILES string of the molecule is NC(=O)C1Cc2ccccc2CN1S(=O)(=O)c1ccc(Br)cc1. The number of nitrogens with two attached hydrogens (primary N) is 1. The summed E-state index contributed by atoms with van der Waals surface area (Å²) in [4.78, 5) is 12.0. The third kappa shape index (κ3) is 3.04. The van der Waals surface area contributed by atoms with Crippen LogP contribution in [-0.2, 0) is 27.8 Å². The summed E-state index contributed by atoms with van der Waals surface area (Å²) in [5.41, 5.74) is 7.31. The molecule has 0 aromatic heterocycles. The summed E-state index contributed by atoms with van der Waals surface area (Å²) in [6, 6.07) is 13.0. The van der Waals surface area contributed by atoms with Crippen molar-refractivity contribution in [2.24, 2.45) is 5.73 Å². The van der Waals surface area contributed by atoms with Crippen LogP contribution < -0.4 is 5.73 Å². The molecule has 0 spiro atoms. The molecule has 1 unspecified atom stereocenters. The standard InChI is InChI=1S/C16H15BrN2O3S/c17-13-5-7-14(8-6-13)23(21,22)19-10-12-4-2-1-3-11(12)9-15(19)16(18)20/h1-8,15H,9-10H2,(H2,18,20). The number of fused-ring (bicyclic) bond motifs is 1. The van der Waals surface area contributed by atoms with E-state index in [1.54, 1.807) is 12.1 Å². The van der Waals surface area contributed by atoms with Crippen LogP contribution in [0.3, 0.4) is 0 Å². The number of sulfonamides is 1. The molecule has 1 heterocycles. The molecule has 0 saturated heterocycles. The molecule has 0 aliphatic carbocycles. The summed E-state index contributed by atoms with van der Waals surface area (Å²) < 4.78 is 27.8. The van der Waals surface area contributed by atoms with Gasteiger partial charge in [0.25, 0.3) is 0 Å². The number of carbonyl (C=O) groups excluding carboxylic acids is 1. The van der Waals surface area contributed by atoms with E-state index in [9.17, 15) is 13.2 Å². The highest BCUT2D eigenvalue weighted by atomic mass is 79.9. The van der Waals surface area contributed by atoms with Gasteiger partial charge in [0, 0.05) is 11.0 Å². The molecule has 23 heavy (non-hydrogen) atoms. The van der Waals surface area contributed by atoms with Crippen LogP contribution >= 0.6 is 15.9 Å². The van der Waals surface area contributed by atoms with Gasteiger partial charge in [-0.05, 0) is 41.8 Å². The maximum Gasteiger partial charge on any atom is 0.244 e. The van der Waals surface area contributed by atoms with E-state index in [1.165, 1.54) is 16.4 Å². The van der Waals surface area contributed by atoms with Crippen LogP contribution in [0.5, 0.6) is 0 Å². The van der Waals surface area contributed by atoms with Crippen LogP contribution in [0.15, 0.2) is 57.9 Å². The van der Waals surface area contributed by atoms with Gasteiger partial charge in [-0.3, -0.25) is 4.79 Å². The number of carbonyl (C=O) groups is 1. The minimum Gasteiger partial charge on any atom is -0.368 e. The molecule has 0 fully saturated rings. The number of rotatable bonds is 3.